The Bertz CT molecular complexity index is 2080. The molecule has 2 aliphatic heterocycles. The van der Waals surface area contributed by atoms with Crippen LogP contribution >= 0.6 is 0 Å². The zero-order chi connectivity index (χ0) is 33.9. The third-order valence-corrected chi connectivity index (χ3v) is 9.81. The lowest BCUT2D eigenvalue weighted by Gasteiger charge is -2.31. The van der Waals surface area contributed by atoms with E-state index in [1.54, 1.807) is 31.6 Å². The maximum absolute atomic E-state index is 15.8. The van der Waals surface area contributed by atoms with Gasteiger partial charge in [0.05, 0.1) is 24.3 Å². The quantitative estimate of drug-likeness (QED) is 0.211. The van der Waals surface area contributed by atoms with Crippen molar-refractivity contribution in [3.63, 3.8) is 0 Å². The SMILES string of the molecule is C.CNc1cc(F)c(F)c2c1Cc1ncc(-c3ccc4ccc(C(=O)NCC(=O)CCC(=O)O)c(=O)n4c3)c(N3CC[C@H]4CN(C)C[C@H]43)c1-2. The molecule has 4 aromatic rings. The first-order chi connectivity index (χ1) is 23.0. The van der Waals surface area contributed by atoms with Crippen molar-refractivity contribution in [3.8, 4) is 22.3 Å². The van der Waals surface area contributed by atoms with E-state index < -0.39 is 41.4 Å². The molecule has 3 aromatic heterocycles. The van der Waals surface area contributed by atoms with Gasteiger partial charge in [0.15, 0.2) is 17.4 Å². The molecule has 13 heteroatoms. The number of nitrogens with zero attached hydrogens (tertiary/aromatic N) is 4. The van der Waals surface area contributed by atoms with Crippen molar-refractivity contribution in [2.45, 2.75) is 39.2 Å². The summed E-state index contributed by atoms with van der Waals surface area (Å²) in [6.07, 6.45) is 4.03. The van der Waals surface area contributed by atoms with Crippen LogP contribution in [0.5, 0.6) is 0 Å². The molecule has 0 radical (unpaired) electrons. The van der Waals surface area contributed by atoms with Gasteiger partial charge in [-0.1, -0.05) is 13.5 Å². The number of hydrogen-bond acceptors (Lipinski definition) is 8. The second-order valence-corrected chi connectivity index (χ2v) is 12.8. The number of aliphatic carboxylic acids is 1. The van der Waals surface area contributed by atoms with E-state index >= 15 is 8.78 Å². The number of Topliss-reactive ketones (excluding diaryl/α,β-unsaturated/α-hetero) is 1. The first kappa shape index (κ1) is 33.7. The number of benzene rings is 1. The molecule has 2 atom stereocenters. The lowest BCUT2D eigenvalue weighted by Crippen LogP contribution is -2.35. The van der Waals surface area contributed by atoms with E-state index in [0.717, 1.165) is 31.7 Å². The summed E-state index contributed by atoms with van der Waals surface area (Å²) in [6.45, 7) is 2.07. The highest BCUT2D eigenvalue weighted by Crippen LogP contribution is 2.52. The summed E-state index contributed by atoms with van der Waals surface area (Å²) in [4.78, 5) is 58.7. The molecule has 3 N–H and O–H groups in total. The number of ketones is 1. The van der Waals surface area contributed by atoms with Gasteiger partial charge in [0.1, 0.15) is 5.56 Å². The van der Waals surface area contributed by atoms with Crippen LogP contribution in [0.15, 0.2) is 47.5 Å². The van der Waals surface area contributed by atoms with Gasteiger partial charge >= 0.3 is 5.97 Å². The van der Waals surface area contributed by atoms with Gasteiger partial charge in [0, 0.05) is 97.5 Å². The van der Waals surface area contributed by atoms with Crippen molar-refractivity contribution in [2.24, 2.45) is 5.92 Å². The smallest absolute Gasteiger partial charge is 0.303 e. The molecule has 0 spiro atoms. The van der Waals surface area contributed by atoms with Crippen LogP contribution in [0.25, 0.3) is 27.8 Å². The number of fused-ring (bicyclic) bond motifs is 5. The van der Waals surface area contributed by atoms with E-state index in [1.807, 2.05) is 6.07 Å². The number of likely N-dealkylation sites (N-methyl/N-ethyl adjacent to an activating group) is 1. The summed E-state index contributed by atoms with van der Waals surface area (Å²) in [5.41, 5.74) is 4.26. The van der Waals surface area contributed by atoms with Gasteiger partial charge in [-0.15, -0.1) is 0 Å². The second-order valence-electron chi connectivity index (χ2n) is 12.8. The van der Waals surface area contributed by atoms with Crippen LogP contribution in [0.3, 0.4) is 0 Å². The van der Waals surface area contributed by atoms with Crippen molar-refractivity contribution in [1.29, 1.82) is 0 Å². The molecular weight excluding hydrogens is 634 g/mol. The van der Waals surface area contributed by atoms with Gasteiger partial charge in [-0.25, -0.2) is 8.78 Å². The Hall–Kier alpha value is -5.17. The van der Waals surface area contributed by atoms with E-state index in [9.17, 15) is 19.2 Å². The predicted molar refractivity (Wildman–Crippen MR) is 182 cm³/mol. The Labute approximate surface area is 281 Å². The average molecular weight is 673 g/mol. The summed E-state index contributed by atoms with van der Waals surface area (Å²) in [7, 11) is 3.75. The number of halogens is 2. The molecule has 7 rings (SSSR count). The topological polar surface area (TPSA) is 136 Å². The number of amides is 1. The Morgan fingerprint density at radius 1 is 1.08 bits per heavy atom. The minimum Gasteiger partial charge on any atom is -0.481 e. The molecule has 0 bridgehead atoms. The lowest BCUT2D eigenvalue weighted by molar-refractivity contribution is -0.138. The third-order valence-electron chi connectivity index (χ3n) is 9.81. The van der Waals surface area contributed by atoms with Gasteiger partial charge < -0.3 is 25.5 Å². The fourth-order valence-electron chi connectivity index (χ4n) is 7.53. The molecule has 256 valence electrons. The lowest BCUT2D eigenvalue weighted by atomic mass is 9.96. The molecule has 3 aliphatic rings. The van der Waals surface area contributed by atoms with E-state index in [1.165, 1.54) is 16.5 Å². The normalized spacial score (nSPS) is 17.8. The molecule has 0 saturated carbocycles. The maximum Gasteiger partial charge on any atom is 0.303 e. The van der Waals surface area contributed by atoms with Crippen LogP contribution < -0.4 is 21.1 Å². The van der Waals surface area contributed by atoms with Gasteiger partial charge in [-0.05, 0) is 43.1 Å². The van der Waals surface area contributed by atoms with Crippen molar-refractivity contribution in [3.05, 3.63) is 81.5 Å². The molecular formula is C36H38F2N6O5. The average Bonchev–Trinajstić information content (AvgIpc) is 3.76. The standard InChI is InChI=1S/C35H34F2N6O5.CH4/c1-38-26-12-25(36)32(37)30-23(26)11-27-31(30)33(42-10-9-19-15-41(2)17-28(19)42)24(14-39-27)18-3-4-20-5-7-22(35(48)43(20)16-18)34(47)40-13-21(44)6-8-29(45)46;/h3-5,7,12,14,16,19,28,38H,6,8-11,13,15,17H2,1-2H3,(H,40,47)(H,45,46);1H4/t19-,28+;/m0./s1. The van der Waals surface area contributed by atoms with Crippen LogP contribution in [-0.2, 0) is 16.0 Å². The molecule has 11 nitrogen and oxygen atoms in total. The summed E-state index contributed by atoms with van der Waals surface area (Å²) >= 11 is 0. The highest BCUT2D eigenvalue weighted by molar-refractivity contribution is 5.98. The van der Waals surface area contributed by atoms with E-state index in [0.29, 0.717) is 51.5 Å². The van der Waals surface area contributed by atoms with Gasteiger partial charge in [0.2, 0.25) is 0 Å². The molecule has 1 aromatic carbocycles. The van der Waals surface area contributed by atoms with E-state index in [-0.39, 0.29) is 37.4 Å². The minimum absolute atomic E-state index is 0. The van der Waals surface area contributed by atoms with Crippen molar-refractivity contribution >= 4 is 34.6 Å². The monoisotopic (exact) mass is 672 g/mol. The number of carbonyl (C=O) groups excluding carboxylic acids is 2. The highest BCUT2D eigenvalue weighted by Gasteiger charge is 2.43. The van der Waals surface area contributed by atoms with Gasteiger partial charge in [0.25, 0.3) is 11.5 Å². The number of likely N-dealkylation sites (tertiary alicyclic amines) is 1. The van der Waals surface area contributed by atoms with Gasteiger partial charge in [-0.3, -0.25) is 28.6 Å². The van der Waals surface area contributed by atoms with E-state index in [4.69, 9.17) is 10.1 Å². The van der Waals surface area contributed by atoms with Crippen LogP contribution in [-0.4, -0.2) is 83.4 Å². The maximum atomic E-state index is 15.8. The number of pyridine rings is 3. The molecule has 5 heterocycles. The Morgan fingerprint density at radius 2 is 1.86 bits per heavy atom. The summed E-state index contributed by atoms with van der Waals surface area (Å²) in [5, 5.41) is 14.2. The zero-order valence-corrected chi connectivity index (χ0v) is 26.5. The van der Waals surface area contributed by atoms with E-state index in [2.05, 4.69) is 27.5 Å². The number of hydrogen-bond donors (Lipinski definition) is 3. The highest BCUT2D eigenvalue weighted by atomic mass is 19.2. The number of carbonyl (C=O) groups is 3. The fourth-order valence-corrected chi connectivity index (χ4v) is 7.53. The Morgan fingerprint density at radius 3 is 2.61 bits per heavy atom. The van der Waals surface area contributed by atoms with Crippen LogP contribution in [0.4, 0.5) is 20.2 Å². The molecule has 49 heavy (non-hydrogen) atoms. The zero-order valence-electron chi connectivity index (χ0n) is 26.5. The van der Waals surface area contributed by atoms with Crippen molar-refractivity contribution in [1.82, 2.24) is 19.6 Å². The molecule has 2 saturated heterocycles. The van der Waals surface area contributed by atoms with Crippen LogP contribution in [0, 0.1) is 17.6 Å². The van der Waals surface area contributed by atoms with Gasteiger partial charge in [-0.2, -0.15) is 0 Å². The fraction of sp³-hybridized carbons (Fsp3) is 0.361. The number of anilines is 2. The first-order valence-corrected chi connectivity index (χ1v) is 15.9. The number of carboxylic acids is 1. The van der Waals surface area contributed by atoms with Crippen LogP contribution in [0.1, 0.15) is 48.3 Å². The third kappa shape index (κ3) is 5.81. The predicted octanol–water partition coefficient (Wildman–Crippen LogP) is 4.19. The molecule has 2 fully saturated rings. The Kier molecular flexibility index (Phi) is 8.97. The molecule has 1 amide bonds. The second kappa shape index (κ2) is 13.0. The van der Waals surface area contributed by atoms with Crippen molar-refractivity contribution < 1.29 is 28.3 Å². The number of carboxylic acid groups (broad SMARTS) is 1. The van der Waals surface area contributed by atoms with Crippen molar-refractivity contribution in [2.75, 3.05) is 50.5 Å². The Balaban J connectivity index is 0.00000417. The van der Waals surface area contributed by atoms with Crippen LogP contribution in [0.2, 0.25) is 0 Å². The summed E-state index contributed by atoms with van der Waals surface area (Å²) < 4.78 is 32.2. The number of nitrogens with one attached hydrogen (secondary N) is 2. The molecule has 1 aliphatic carbocycles. The summed E-state index contributed by atoms with van der Waals surface area (Å²) in [6, 6.07) is 7.91. The molecule has 0 unspecified atom stereocenters. The minimum atomic E-state index is -1.12. The number of aromatic nitrogens is 2. The summed E-state index contributed by atoms with van der Waals surface area (Å²) in [5.74, 6) is -3.81. The largest absolute Gasteiger partial charge is 0.481 e. The number of rotatable bonds is 9. The first-order valence-electron chi connectivity index (χ1n) is 15.9.